The van der Waals surface area contributed by atoms with E-state index in [0.29, 0.717) is 37.7 Å². The maximum Gasteiger partial charge on any atom is 0.244 e. The Kier molecular flexibility index (Phi) is 5.43. The van der Waals surface area contributed by atoms with Crippen molar-refractivity contribution in [1.82, 2.24) is 19.8 Å². The van der Waals surface area contributed by atoms with Crippen molar-refractivity contribution in [2.24, 2.45) is 5.92 Å². The zero-order chi connectivity index (χ0) is 17.2. The summed E-state index contributed by atoms with van der Waals surface area (Å²) in [5, 5.41) is 6.57. The number of ether oxygens (including phenoxy) is 1. The van der Waals surface area contributed by atoms with Crippen LogP contribution >= 0.6 is 0 Å². The molecule has 0 aliphatic carbocycles. The van der Waals surface area contributed by atoms with Crippen LogP contribution in [0.2, 0.25) is 0 Å². The summed E-state index contributed by atoms with van der Waals surface area (Å²) >= 11 is 0. The summed E-state index contributed by atoms with van der Waals surface area (Å²) in [4.78, 5) is 14.4. The smallest absolute Gasteiger partial charge is 0.244 e. The van der Waals surface area contributed by atoms with Gasteiger partial charge in [0.25, 0.3) is 0 Å². The van der Waals surface area contributed by atoms with Gasteiger partial charge in [0.1, 0.15) is 10.9 Å². The van der Waals surface area contributed by atoms with Gasteiger partial charge in [-0.1, -0.05) is 13.8 Å². The summed E-state index contributed by atoms with van der Waals surface area (Å²) in [6.07, 6.45) is 0. The first-order valence-corrected chi connectivity index (χ1v) is 9.12. The maximum atomic E-state index is 12.7. The van der Waals surface area contributed by atoms with E-state index >= 15 is 0 Å². The molecule has 23 heavy (non-hydrogen) atoms. The molecule has 1 amide bonds. The highest BCUT2D eigenvalue weighted by Gasteiger charge is 2.34. The van der Waals surface area contributed by atoms with Crippen LogP contribution in [-0.4, -0.2) is 61.8 Å². The lowest BCUT2D eigenvalue weighted by atomic mass is 10.0. The topological polar surface area (TPSA) is 104 Å². The van der Waals surface area contributed by atoms with E-state index in [1.807, 2.05) is 13.8 Å². The first-order valence-electron chi connectivity index (χ1n) is 7.64. The highest BCUT2D eigenvalue weighted by atomic mass is 32.2. The number of amides is 1. The second-order valence-corrected chi connectivity index (χ2v) is 7.69. The van der Waals surface area contributed by atoms with Crippen molar-refractivity contribution in [3.8, 4) is 0 Å². The lowest BCUT2D eigenvalue weighted by Crippen LogP contribution is -2.53. The molecule has 1 atom stereocenters. The van der Waals surface area contributed by atoms with Crippen LogP contribution in [0.1, 0.15) is 25.2 Å². The average molecular weight is 344 g/mol. The van der Waals surface area contributed by atoms with Gasteiger partial charge < -0.3 is 9.64 Å². The number of aromatic nitrogens is 2. The van der Waals surface area contributed by atoms with Crippen LogP contribution < -0.4 is 4.72 Å². The molecule has 8 nitrogen and oxygen atoms in total. The van der Waals surface area contributed by atoms with E-state index in [2.05, 4.69) is 14.9 Å². The number of morpholine rings is 1. The molecule has 0 saturated carbocycles. The minimum Gasteiger partial charge on any atom is -0.378 e. The van der Waals surface area contributed by atoms with Crippen LogP contribution in [0, 0.1) is 19.8 Å². The van der Waals surface area contributed by atoms with Gasteiger partial charge in [-0.05, 0) is 19.8 Å². The summed E-state index contributed by atoms with van der Waals surface area (Å²) in [5.41, 5.74) is 0.840. The van der Waals surface area contributed by atoms with Crippen molar-refractivity contribution in [1.29, 1.82) is 0 Å². The van der Waals surface area contributed by atoms with Gasteiger partial charge in [-0.25, -0.2) is 8.42 Å². The van der Waals surface area contributed by atoms with Crippen molar-refractivity contribution < 1.29 is 17.9 Å². The van der Waals surface area contributed by atoms with Gasteiger partial charge in [-0.2, -0.15) is 9.82 Å². The highest BCUT2D eigenvalue weighted by Crippen LogP contribution is 2.19. The Labute approximate surface area is 136 Å². The third-order valence-electron chi connectivity index (χ3n) is 3.87. The van der Waals surface area contributed by atoms with Gasteiger partial charge in [-0.15, -0.1) is 0 Å². The van der Waals surface area contributed by atoms with Crippen molar-refractivity contribution in [2.75, 3.05) is 26.3 Å². The van der Waals surface area contributed by atoms with E-state index in [4.69, 9.17) is 4.74 Å². The molecule has 2 rings (SSSR count). The molecule has 1 aliphatic heterocycles. The van der Waals surface area contributed by atoms with Crippen LogP contribution in [-0.2, 0) is 19.6 Å². The number of sulfonamides is 1. The standard InChI is InChI=1S/C14H24N4O4S/c1-9(2)12(14(19)18-5-7-22-8-6-18)17-23(20,21)13-10(3)15-16-11(13)4/h9,12,17H,5-8H2,1-4H3,(H,15,16)/t12-/m0/s1. The van der Waals surface area contributed by atoms with Crippen LogP contribution in [0.4, 0.5) is 0 Å². The second-order valence-electron chi connectivity index (χ2n) is 6.04. The molecule has 1 saturated heterocycles. The Morgan fingerprint density at radius 2 is 1.91 bits per heavy atom. The monoisotopic (exact) mass is 344 g/mol. The summed E-state index contributed by atoms with van der Waals surface area (Å²) < 4.78 is 33.1. The molecule has 0 radical (unpaired) electrons. The molecule has 2 N–H and O–H groups in total. The molecule has 1 fully saturated rings. The summed E-state index contributed by atoms with van der Waals surface area (Å²) in [5.74, 6) is -0.390. The van der Waals surface area contributed by atoms with Gasteiger partial charge in [0.15, 0.2) is 0 Å². The summed E-state index contributed by atoms with van der Waals surface area (Å²) in [6, 6.07) is -0.813. The predicted octanol–water partition coefficient (Wildman–Crippen LogP) is 0.188. The van der Waals surface area contributed by atoms with Crippen LogP contribution in [0.25, 0.3) is 0 Å². The third kappa shape index (κ3) is 3.91. The lowest BCUT2D eigenvalue weighted by Gasteiger charge is -2.32. The minimum atomic E-state index is -3.83. The second kappa shape index (κ2) is 6.98. The molecule has 0 unspecified atom stereocenters. The van der Waals surface area contributed by atoms with E-state index in [1.165, 1.54) is 0 Å². The minimum absolute atomic E-state index is 0.109. The fraction of sp³-hybridized carbons (Fsp3) is 0.714. The molecule has 1 aromatic heterocycles. The Bertz CT molecular complexity index is 643. The van der Waals surface area contributed by atoms with Gasteiger partial charge in [0.05, 0.1) is 24.6 Å². The number of carbonyl (C=O) groups excluding carboxylic acids is 1. The number of hydrogen-bond donors (Lipinski definition) is 2. The summed E-state index contributed by atoms with van der Waals surface area (Å²) in [7, 11) is -3.83. The van der Waals surface area contributed by atoms with E-state index < -0.39 is 16.1 Å². The Morgan fingerprint density at radius 1 is 1.30 bits per heavy atom. The molecular weight excluding hydrogens is 320 g/mol. The first-order chi connectivity index (χ1) is 10.7. The van der Waals surface area contributed by atoms with E-state index in [-0.39, 0.29) is 16.7 Å². The molecule has 1 aromatic rings. The zero-order valence-corrected chi connectivity index (χ0v) is 14.7. The molecule has 0 spiro atoms. The molecule has 1 aliphatic rings. The van der Waals surface area contributed by atoms with Gasteiger partial charge in [0, 0.05) is 13.1 Å². The van der Waals surface area contributed by atoms with Crippen molar-refractivity contribution in [2.45, 2.75) is 38.6 Å². The largest absolute Gasteiger partial charge is 0.378 e. The van der Waals surface area contributed by atoms with Crippen molar-refractivity contribution in [3.05, 3.63) is 11.4 Å². The van der Waals surface area contributed by atoms with Crippen molar-refractivity contribution in [3.63, 3.8) is 0 Å². The van der Waals surface area contributed by atoms with Gasteiger partial charge in [-0.3, -0.25) is 9.89 Å². The Hall–Kier alpha value is -1.45. The average Bonchev–Trinajstić information content (AvgIpc) is 2.84. The van der Waals surface area contributed by atoms with Gasteiger partial charge in [0.2, 0.25) is 15.9 Å². The van der Waals surface area contributed by atoms with Crippen LogP contribution in [0.15, 0.2) is 4.90 Å². The zero-order valence-electron chi connectivity index (χ0n) is 13.9. The number of aryl methyl sites for hydroxylation is 2. The van der Waals surface area contributed by atoms with E-state index in [0.717, 1.165) is 0 Å². The Morgan fingerprint density at radius 3 is 2.39 bits per heavy atom. The number of aromatic amines is 1. The quantitative estimate of drug-likeness (QED) is 0.793. The molecule has 9 heteroatoms. The number of hydrogen-bond acceptors (Lipinski definition) is 5. The maximum absolute atomic E-state index is 12.7. The Balaban J connectivity index is 2.23. The fourth-order valence-electron chi connectivity index (χ4n) is 2.61. The number of nitrogens with one attached hydrogen (secondary N) is 2. The molecule has 0 bridgehead atoms. The predicted molar refractivity (Wildman–Crippen MR) is 84.4 cm³/mol. The highest BCUT2D eigenvalue weighted by molar-refractivity contribution is 7.89. The van der Waals surface area contributed by atoms with E-state index in [9.17, 15) is 13.2 Å². The fourth-order valence-corrected chi connectivity index (χ4v) is 4.32. The first kappa shape index (κ1) is 17.9. The lowest BCUT2D eigenvalue weighted by molar-refractivity contribution is -0.138. The normalized spacial score (nSPS) is 17.5. The van der Waals surface area contributed by atoms with Crippen LogP contribution in [0.5, 0.6) is 0 Å². The molecular formula is C14H24N4O4S. The molecule has 2 heterocycles. The number of H-pyrrole nitrogens is 1. The number of rotatable bonds is 5. The third-order valence-corrected chi connectivity index (χ3v) is 5.57. The molecule has 130 valence electrons. The van der Waals surface area contributed by atoms with Gasteiger partial charge >= 0.3 is 0 Å². The van der Waals surface area contributed by atoms with Crippen LogP contribution in [0.3, 0.4) is 0 Å². The number of carbonyl (C=O) groups is 1. The molecule has 0 aromatic carbocycles. The van der Waals surface area contributed by atoms with E-state index in [1.54, 1.807) is 18.7 Å². The summed E-state index contributed by atoms with van der Waals surface area (Å²) in [6.45, 7) is 8.81. The SMILES string of the molecule is Cc1n[nH]c(C)c1S(=O)(=O)N[C@H](C(=O)N1CCOCC1)C(C)C. The number of nitrogens with zero attached hydrogens (tertiary/aromatic N) is 2. The van der Waals surface area contributed by atoms with Crippen molar-refractivity contribution >= 4 is 15.9 Å².